The standard InChI is InChI=1S/C13H15F3N4/c1-8(2)6-20-12(18-7-19-20)5-17-13-10(15)3-9(14)4-11(13)16/h3-4,7-8,17H,5-6H2,1-2H3. The molecule has 0 fully saturated rings. The second kappa shape index (κ2) is 5.94. The van der Waals surface area contributed by atoms with Crippen LogP contribution < -0.4 is 5.32 Å². The van der Waals surface area contributed by atoms with Crippen molar-refractivity contribution in [2.75, 3.05) is 5.32 Å². The zero-order valence-corrected chi connectivity index (χ0v) is 11.2. The molecule has 0 aliphatic rings. The highest BCUT2D eigenvalue weighted by atomic mass is 19.1. The monoisotopic (exact) mass is 284 g/mol. The predicted octanol–water partition coefficient (Wildman–Crippen LogP) is 2.96. The molecule has 4 nitrogen and oxygen atoms in total. The number of benzene rings is 1. The number of anilines is 1. The third-order valence-corrected chi connectivity index (χ3v) is 2.66. The molecule has 2 aromatic rings. The van der Waals surface area contributed by atoms with E-state index in [1.54, 1.807) is 4.68 Å². The van der Waals surface area contributed by atoms with Crippen molar-refractivity contribution in [3.05, 3.63) is 41.7 Å². The van der Waals surface area contributed by atoms with Crippen LogP contribution in [0.3, 0.4) is 0 Å². The SMILES string of the molecule is CC(C)Cn1ncnc1CNc1c(F)cc(F)cc1F. The zero-order chi connectivity index (χ0) is 14.7. The van der Waals surface area contributed by atoms with E-state index in [-0.39, 0.29) is 12.2 Å². The van der Waals surface area contributed by atoms with Crippen molar-refractivity contribution in [3.8, 4) is 0 Å². The smallest absolute Gasteiger partial charge is 0.152 e. The number of nitrogens with one attached hydrogen (secondary N) is 1. The molecule has 108 valence electrons. The van der Waals surface area contributed by atoms with Crippen molar-refractivity contribution < 1.29 is 13.2 Å². The van der Waals surface area contributed by atoms with Gasteiger partial charge in [-0.15, -0.1) is 0 Å². The van der Waals surface area contributed by atoms with Gasteiger partial charge in [-0.05, 0) is 5.92 Å². The van der Waals surface area contributed by atoms with Crippen LogP contribution in [0.2, 0.25) is 0 Å². The quantitative estimate of drug-likeness (QED) is 0.918. The molecule has 0 bridgehead atoms. The fourth-order valence-corrected chi connectivity index (χ4v) is 1.80. The van der Waals surface area contributed by atoms with Crippen molar-refractivity contribution in [1.82, 2.24) is 14.8 Å². The molecule has 0 aliphatic heterocycles. The number of aromatic nitrogens is 3. The molecule has 1 aromatic carbocycles. The molecular formula is C13H15F3N4. The summed E-state index contributed by atoms with van der Waals surface area (Å²) in [5, 5.41) is 6.63. The summed E-state index contributed by atoms with van der Waals surface area (Å²) in [4.78, 5) is 4.03. The molecule has 0 aliphatic carbocycles. The average Bonchev–Trinajstić information content (AvgIpc) is 2.74. The van der Waals surface area contributed by atoms with E-state index in [0.29, 0.717) is 30.4 Å². The molecular weight excluding hydrogens is 269 g/mol. The Morgan fingerprint density at radius 3 is 2.45 bits per heavy atom. The Hall–Kier alpha value is -2.05. The fraction of sp³-hybridized carbons (Fsp3) is 0.385. The lowest BCUT2D eigenvalue weighted by molar-refractivity contribution is 0.467. The van der Waals surface area contributed by atoms with E-state index in [1.807, 2.05) is 13.8 Å². The highest BCUT2D eigenvalue weighted by Gasteiger charge is 2.13. The minimum atomic E-state index is -0.975. The van der Waals surface area contributed by atoms with Crippen LogP contribution in [0, 0.1) is 23.4 Å². The number of hydrogen-bond donors (Lipinski definition) is 1. The third kappa shape index (κ3) is 3.28. The Morgan fingerprint density at radius 1 is 1.20 bits per heavy atom. The average molecular weight is 284 g/mol. The van der Waals surface area contributed by atoms with Crippen molar-refractivity contribution in [2.45, 2.75) is 26.9 Å². The maximum Gasteiger partial charge on any atom is 0.152 e. The van der Waals surface area contributed by atoms with Crippen LogP contribution >= 0.6 is 0 Å². The molecule has 0 unspecified atom stereocenters. The van der Waals surface area contributed by atoms with Gasteiger partial charge in [0.25, 0.3) is 0 Å². The molecule has 7 heteroatoms. The van der Waals surface area contributed by atoms with E-state index < -0.39 is 17.5 Å². The molecule has 0 amide bonds. The first kappa shape index (κ1) is 14.4. The Bertz CT molecular complexity index is 572. The van der Waals surface area contributed by atoms with E-state index in [9.17, 15) is 13.2 Å². The first-order chi connectivity index (χ1) is 9.47. The minimum absolute atomic E-state index is 0.103. The van der Waals surface area contributed by atoms with E-state index in [4.69, 9.17) is 0 Å². The summed E-state index contributed by atoms with van der Waals surface area (Å²) in [7, 11) is 0. The van der Waals surface area contributed by atoms with Gasteiger partial charge in [-0.25, -0.2) is 22.8 Å². The summed E-state index contributed by atoms with van der Waals surface area (Å²) in [5.74, 6) is -1.97. The second-order valence-electron chi connectivity index (χ2n) is 4.85. The lowest BCUT2D eigenvalue weighted by Crippen LogP contribution is -2.14. The first-order valence-corrected chi connectivity index (χ1v) is 6.22. The molecule has 1 heterocycles. The summed E-state index contributed by atoms with van der Waals surface area (Å²) in [6, 6.07) is 1.26. The molecule has 0 saturated carbocycles. The summed E-state index contributed by atoms with van der Waals surface area (Å²) in [6.45, 7) is 4.81. The molecule has 0 atom stereocenters. The topological polar surface area (TPSA) is 42.7 Å². The first-order valence-electron chi connectivity index (χ1n) is 6.22. The lowest BCUT2D eigenvalue weighted by Gasteiger charge is -2.11. The second-order valence-corrected chi connectivity index (χ2v) is 4.85. The maximum absolute atomic E-state index is 13.5. The van der Waals surface area contributed by atoms with Crippen LogP contribution in [0.15, 0.2) is 18.5 Å². The normalized spacial score (nSPS) is 11.1. The largest absolute Gasteiger partial charge is 0.373 e. The van der Waals surface area contributed by atoms with Gasteiger partial charge in [-0.2, -0.15) is 5.10 Å². The maximum atomic E-state index is 13.5. The van der Waals surface area contributed by atoms with E-state index in [2.05, 4.69) is 15.4 Å². The predicted molar refractivity (Wildman–Crippen MR) is 68.5 cm³/mol. The third-order valence-electron chi connectivity index (χ3n) is 2.66. The Labute approximate surface area is 114 Å². The fourth-order valence-electron chi connectivity index (χ4n) is 1.80. The van der Waals surface area contributed by atoms with Crippen LogP contribution in [0.4, 0.5) is 18.9 Å². The summed E-state index contributed by atoms with van der Waals surface area (Å²) < 4.78 is 41.4. The van der Waals surface area contributed by atoms with Crippen molar-refractivity contribution >= 4 is 5.69 Å². The van der Waals surface area contributed by atoms with Crippen molar-refractivity contribution in [1.29, 1.82) is 0 Å². The van der Waals surface area contributed by atoms with Crippen LogP contribution in [-0.4, -0.2) is 14.8 Å². The van der Waals surface area contributed by atoms with Crippen LogP contribution in [-0.2, 0) is 13.1 Å². The van der Waals surface area contributed by atoms with Crippen LogP contribution in [0.5, 0.6) is 0 Å². The summed E-state index contributed by atoms with van der Waals surface area (Å²) >= 11 is 0. The number of nitrogens with zero attached hydrogens (tertiary/aromatic N) is 3. The number of rotatable bonds is 5. The molecule has 2 rings (SSSR count). The summed E-state index contributed by atoms with van der Waals surface area (Å²) in [6.07, 6.45) is 1.39. The molecule has 1 aromatic heterocycles. The summed E-state index contributed by atoms with van der Waals surface area (Å²) in [5.41, 5.74) is -0.370. The van der Waals surface area contributed by atoms with E-state index in [0.717, 1.165) is 0 Å². The van der Waals surface area contributed by atoms with Crippen molar-refractivity contribution in [2.24, 2.45) is 5.92 Å². The molecule has 0 saturated heterocycles. The van der Waals surface area contributed by atoms with Gasteiger partial charge in [-0.1, -0.05) is 13.8 Å². The highest BCUT2D eigenvalue weighted by molar-refractivity contribution is 5.46. The number of hydrogen-bond acceptors (Lipinski definition) is 3. The van der Waals surface area contributed by atoms with E-state index >= 15 is 0 Å². The Kier molecular flexibility index (Phi) is 4.26. The van der Waals surface area contributed by atoms with E-state index in [1.165, 1.54) is 6.33 Å². The lowest BCUT2D eigenvalue weighted by atomic mass is 10.2. The van der Waals surface area contributed by atoms with Gasteiger partial charge in [0.1, 0.15) is 23.7 Å². The van der Waals surface area contributed by atoms with Gasteiger partial charge < -0.3 is 5.32 Å². The molecule has 0 radical (unpaired) electrons. The molecule has 0 spiro atoms. The van der Waals surface area contributed by atoms with Gasteiger partial charge in [-0.3, -0.25) is 0 Å². The Balaban J connectivity index is 2.12. The van der Waals surface area contributed by atoms with Gasteiger partial charge >= 0.3 is 0 Å². The highest BCUT2D eigenvalue weighted by Crippen LogP contribution is 2.20. The molecule has 1 N–H and O–H groups in total. The van der Waals surface area contributed by atoms with Gasteiger partial charge in [0.05, 0.1) is 6.54 Å². The Morgan fingerprint density at radius 2 is 1.85 bits per heavy atom. The van der Waals surface area contributed by atoms with Crippen molar-refractivity contribution in [3.63, 3.8) is 0 Å². The van der Waals surface area contributed by atoms with Crippen LogP contribution in [0.25, 0.3) is 0 Å². The zero-order valence-electron chi connectivity index (χ0n) is 11.2. The van der Waals surface area contributed by atoms with Gasteiger partial charge in [0, 0.05) is 18.7 Å². The minimum Gasteiger partial charge on any atom is -0.373 e. The number of halogens is 3. The molecule has 20 heavy (non-hydrogen) atoms. The van der Waals surface area contributed by atoms with Gasteiger partial charge in [0.15, 0.2) is 11.6 Å². The van der Waals surface area contributed by atoms with Gasteiger partial charge in [0.2, 0.25) is 0 Å². The van der Waals surface area contributed by atoms with Crippen LogP contribution in [0.1, 0.15) is 19.7 Å².